The van der Waals surface area contributed by atoms with Crippen LogP contribution >= 0.6 is 15.9 Å². The first-order chi connectivity index (χ1) is 10.7. The average molecular weight is 405 g/mol. The lowest BCUT2D eigenvalue weighted by Gasteiger charge is -2.14. The lowest BCUT2D eigenvalue weighted by molar-refractivity contribution is 0.435. The van der Waals surface area contributed by atoms with Crippen molar-refractivity contribution in [3.8, 4) is 11.5 Å². The highest BCUT2D eigenvalue weighted by Gasteiger charge is 2.21. The zero-order valence-electron chi connectivity index (χ0n) is 12.5. The molecule has 1 atom stereocenters. The summed E-state index contributed by atoms with van der Waals surface area (Å²) < 4.78 is 56.3. The van der Waals surface area contributed by atoms with E-state index in [0.717, 1.165) is 12.1 Å². The summed E-state index contributed by atoms with van der Waals surface area (Å²) in [6.07, 6.45) is 0. The normalized spacial score (nSPS) is 12.9. The van der Waals surface area contributed by atoms with Gasteiger partial charge in [-0.05, 0) is 52.7 Å². The van der Waals surface area contributed by atoms with Gasteiger partial charge in [0.1, 0.15) is 11.6 Å². The quantitative estimate of drug-likeness (QED) is 0.702. The maximum absolute atomic E-state index is 13.6. The Kier molecular flexibility index (Phi) is 5.41. The summed E-state index contributed by atoms with van der Waals surface area (Å²) in [6, 6.07) is 7.79. The summed E-state index contributed by atoms with van der Waals surface area (Å²) in [5.74, 6) is -1.27. The van der Waals surface area contributed by atoms with Crippen LogP contribution in [0, 0.1) is 11.6 Å². The van der Waals surface area contributed by atoms with Gasteiger partial charge >= 0.3 is 0 Å². The Bertz CT molecular complexity index is 822. The second-order valence-corrected chi connectivity index (χ2v) is 8.42. The highest BCUT2D eigenvalue weighted by molar-refractivity contribution is 9.10. The zero-order chi connectivity index (χ0) is 17.2. The molecule has 23 heavy (non-hydrogen) atoms. The van der Waals surface area contributed by atoms with Gasteiger partial charge < -0.3 is 4.74 Å². The standard InChI is InChI=1S/C16H15BrF2O3S/c1-3-23(20,21)10(2)11-4-6-15(13(17)8-11)22-16-7-5-12(18)9-14(16)19/h4-10H,3H2,1-2H3/t10-/m1/s1. The number of hydrogen-bond donors (Lipinski definition) is 0. The monoisotopic (exact) mass is 404 g/mol. The fourth-order valence-electron chi connectivity index (χ4n) is 1.99. The third-order valence-electron chi connectivity index (χ3n) is 3.48. The molecule has 0 heterocycles. The molecule has 0 saturated heterocycles. The Balaban J connectivity index is 2.30. The SMILES string of the molecule is CCS(=O)(=O)[C@H](C)c1ccc(Oc2ccc(F)cc2F)c(Br)c1. The number of sulfone groups is 1. The Morgan fingerprint density at radius 2 is 1.78 bits per heavy atom. The fourth-order valence-corrected chi connectivity index (χ4v) is 3.53. The molecule has 0 bridgehead atoms. The van der Waals surface area contributed by atoms with Gasteiger partial charge in [0, 0.05) is 11.8 Å². The third kappa shape index (κ3) is 4.09. The van der Waals surface area contributed by atoms with Gasteiger partial charge in [-0.25, -0.2) is 17.2 Å². The first-order valence-corrected chi connectivity index (χ1v) is 9.39. The Morgan fingerprint density at radius 1 is 1.13 bits per heavy atom. The van der Waals surface area contributed by atoms with Crippen molar-refractivity contribution < 1.29 is 21.9 Å². The molecule has 0 aromatic heterocycles. The van der Waals surface area contributed by atoms with Crippen LogP contribution in [0.3, 0.4) is 0 Å². The van der Waals surface area contributed by atoms with Gasteiger partial charge in [-0.2, -0.15) is 0 Å². The highest BCUT2D eigenvalue weighted by atomic mass is 79.9. The van der Waals surface area contributed by atoms with Crippen molar-refractivity contribution in [1.82, 2.24) is 0 Å². The summed E-state index contributed by atoms with van der Waals surface area (Å²) >= 11 is 3.28. The highest BCUT2D eigenvalue weighted by Crippen LogP contribution is 2.34. The summed E-state index contributed by atoms with van der Waals surface area (Å²) in [7, 11) is -3.21. The van der Waals surface area contributed by atoms with E-state index in [1.165, 1.54) is 6.07 Å². The van der Waals surface area contributed by atoms with Crippen molar-refractivity contribution in [3.05, 3.63) is 58.1 Å². The van der Waals surface area contributed by atoms with Gasteiger partial charge in [-0.15, -0.1) is 0 Å². The Labute approximate surface area is 142 Å². The molecule has 2 aromatic rings. The number of halogens is 3. The largest absolute Gasteiger partial charge is 0.453 e. The molecule has 0 spiro atoms. The van der Waals surface area contributed by atoms with Crippen LogP contribution in [0.25, 0.3) is 0 Å². The second kappa shape index (κ2) is 6.97. The molecule has 2 aromatic carbocycles. The molecule has 0 amide bonds. The van der Waals surface area contributed by atoms with Gasteiger partial charge in [-0.3, -0.25) is 0 Å². The van der Waals surface area contributed by atoms with Crippen LogP contribution in [-0.2, 0) is 9.84 Å². The molecular formula is C16H15BrF2O3S. The van der Waals surface area contributed by atoms with Crippen LogP contribution in [0.15, 0.2) is 40.9 Å². The predicted octanol–water partition coefficient (Wildman–Crippen LogP) is 5.02. The lowest BCUT2D eigenvalue weighted by Crippen LogP contribution is -2.12. The minimum absolute atomic E-state index is 0.0465. The fraction of sp³-hybridized carbons (Fsp3) is 0.250. The van der Waals surface area contributed by atoms with Crippen LogP contribution in [0.1, 0.15) is 24.7 Å². The van der Waals surface area contributed by atoms with Crippen molar-refractivity contribution in [2.75, 3.05) is 5.75 Å². The van der Waals surface area contributed by atoms with E-state index in [0.29, 0.717) is 15.8 Å². The molecular weight excluding hydrogens is 390 g/mol. The number of ether oxygens (including phenoxy) is 1. The van der Waals surface area contributed by atoms with E-state index in [-0.39, 0.29) is 11.5 Å². The van der Waals surface area contributed by atoms with Crippen molar-refractivity contribution in [2.45, 2.75) is 19.1 Å². The summed E-state index contributed by atoms with van der Waals surface area (Å²) in [6.45, 7) is 3.20. The van der Waals surface area contributed by atoms with Crippen molar-refractivity contribution in [1.29, 1.82) is 0 Å². The minimum Gasteiger partial charge on any atom is -0.453 e. The maximum atomic E-state index is 13.6. The maximum Gasteiger partial charge on any atom is 0.168 e. The van der Waals surface area contributed by atoms with Crippen molar-refractivity contribution in [3.63, 3.8) is 0 Å². The molecule has 0 radical (unpaired) electrons. The molecule has 0 unspecified atom stereocenters. The van der Waals surface area contributed by atoms with E-state index < -0.39 is 26.7 Å². The van der Waals surface area contributed by atoms with Gasteiger partial charge in [-0.1, -0.05) is 13.0 Å². The van der Waals surface area contributed by atoms with Crippen molar-refractivity contribution >= 4 is 25.8 Å². The number of benzene rings is 2. The van der Waals surface area contributed by atoms with Gasteiger partial charge in [0.15, 0.2) is 21.4 Å². The smallest absolute Gasteiger partial charge is 0.168 e. The molecule has 124 valence electrons. The van der Waals surface area contributed by atoms with Crippen LogP contribution in [-0.4, -0.2) is 14.2 Å². The molecule has 3 nitrogen and oxygen atoms in total. The van der Waals surface area contributed by atoms with E-state index >= 15 is 0 Å². The number of hydrogen-bond acceptors (Lipinski definition) is 3. The zero-order valence-corrected chi connectivity index (χ0v) is 14.9. The summed E-state index contributed by atoms with van der Waals surface area (Å²) in [5, 5.41) is -0.652. The summed E-state index contributed by atoms with van der Waals surface area (Å²) in [4.78, 5) is 0. The first kappa shape index (κ1) is 17.9. The van der Waals surface area contributed by atoms with Crippen LogP contribution in [0.5, 0.6) is 11.5 Å². The Hall–Kier alpha value is -1.47. The molecule has 0 fully saturated rings. The minimum atomic E-state index is -3.21. The van der Waals surface area contributed by atoms with E-state index in [4.69, 9.17) is 4.74 Å². The topological polar surface area (TPSA) is 43.4 Å². The third-order valence-corrected chi connectivity index (χ3v) is 6.25. The van der Waals surface area contributed by atoms with Gasteiger partial charge in [0.25, 0.3) is 0 Å². The molecule has 0 aliphatic carbocycles. The molecule has 0 aliphatic heterocycles. The van der Waals surface area contributed by atoms with Crippen LogP contribution < -0.4 is 4.74 Å². The van der Waals surface area contributed by atoms with E-state index in [1.54, 1.807) is 32.0 Å². The summed E-state index contributed by atoms with van der Waals surface area (Å²) in [5.41, 5.74) is 0.602. The van der Waals surface area contributed by atoms with Gasteiger partial charge in [0.2, 0.25) is 0 Å². The van der Waals surface area contributed by atoms with Crippen LogP contribution in [0.4, 0.5) is 8.78 Å². The van der Waals surface area contributed by atoms with Crippen LogP contribution in [0.2, 0.25) is 0 Å². The predicted molar refractivity (Wildman–Crippen MR) is 88.4 cm³/mol. The average Bonchev–Trinajstić information content (AvgIpc) is 2.50. The molecule has 0 saturated carbocycles. The van der Waals surface area contributed by atoms with E-state index in [9.17, 15) is 17.2 Å². The Morgan fingerprint density at radius 3 is 2.35 bits per heavy atom. The van der Waals surface area contributed by atoms with E-state index in [1.807, 2.05) is 0 Å². The lowest BCUT2D eigenvalue weighted by atomic mass is 10.1. The first-order valence-electron chi connectivity index (χ1n) is 6.88. The van der Waals surface area contributed by atoms with E-state index in [2.05, 4.69) is 15.9 Å². The molecule has 0 N–H and O–H groups in total. The molecule has 2 rings (SSSR count). The van der Waals surface area contributed by atoms with Gasteiger partial charge in [0.05, 0.1) is 9.72 Å². The second-order valence-electron chi connectivity index (χ2n) is 4.96. The number of rotatable bonds is 5. The molecule has 0 aliphatic rings. The van der Waals surface area contributed by atoms with Crippen molar-refractivity contribution in [2.24, 2.45) is 0 Å². The molecule has 7 heteroatoms.